The molecule has 0 spiro atoms. The highest BCUT2D eigenvalue weighted by Gasteiger charge is 2.34. The van der Waals surface area contributed by atoms with Crippen LogP contribution >= 0.6 is 0 Å². The lowest BCUT2D eigenvalue weighted by Gasteiger charge is -2.39. The van der Waals surface area contributed by atoms with Crippen LogP contribution in [0.4, 0.5) is 0 Å². The summed E-state index contributed by atoms with van der Waals surface area (Å²) in [5.74, 6) is 0.197. The third kappa shape index (κ3) is 6.53. The molecule has 2 aliphatic rings. The fourth-order valence-corrected chi connectivity index (χ4v) is 5.76. The van der Waals surface area contributed by atoms with Gasteiger partial charge in [0, 0.05) is 45.2 Å². The summed E-state index contributed by atoms with van der Waals surface area (Å²) in [4.78, 5) is 17.4. The van der Waals surface area contributed by atoms with Gasteiger partial charge >= 0.3 is 0 Å². The number of sulfonamides is 1. The van der Waals surface area contributed by atoms with Crippen molar-refractivity contribution in [2.75, 3.05) is 45.8 Å². The van der Waals surface area contributed by atoms with E-state index in [0.29, 0.717) is 31.3 Å². The molecule has 2 aliphatic heterocycles. The number of nitrogens with zero attached hydrogens (tertiary/aromatic N) is 3. The van der Waals surface area contributed by atoms with Gasteiger partial charge in [0.2, 0.25) is 15.9 Å². The number of amides is 1. The minimum atomic E-state index is -3.33. The lowest BCUT2D eigenvalue weighted by Crippen LogP contribution is -2.52. The van der Waals surface area contributed by atoms with Crippen molar-refractivity contribution in [3.8, 4) is 0 Å². The second kappa shape index (κ2) is 9.79. The van der Waals surface area contributed by atoms with Gasteiger partial charge in [-0.15, -0.1) is 0 Å². The van der Waals surface area contributed by atoms with E-state index in [9.17, 15) is 13.2 Å². The molecule has 2 fully saturated rings. The summed E-state index contributed by atoms with van der Waals surface area (Å²) in [6.07, 6.45) is 2.41. The molecule has 0 radical (unpaired) electrons. The summed E-state index contributed by atoms with van der Waals surface area (Å²) in [6, 6.07) is 9.29. The van der Waals surface area contributed by atoms with Gasteiger partial charge in [0.1, 0.15) is 0 Å². The van der Waals surface area contributed by atoms with Crippen LogP contribution in [0.1, 0.15) is 45.6 Å². The quantitative estimate of drug-likeness (QED) is 0.689. The zero-order chi connectivity index (χ0) is 21.8. The van der Waals surface area contributed by atoms with Gasteiger partial charge in [-0.05, 0) is 36.8 Å². The summed E-state index contributed by atoms with van der Waals surface area (Å²) < 4.78 is 27.0. The zero-order valence-corrected chi connectivity index (χ0v) is 19.5. The minimum Gasteiger partial charge on any atom is -0.340 e. The van der Waals surface area contributed by atoms with E-state index in [1.165, 1.54) is 0 Å². The van der Waals surface area contributed by atoms with E-state index in [1.54, 1.807) is 4.31 Å². The first-order valence-corrected chi connectivity index (χ1v) is 12.8. The molecule has 2 heterocycles. The topological polar surface area (TPSA) is 60.9 Å². The van der Waals surface area contributed by atoms with E-state index in [0.717, 1.165) is 44.7 Å². The van der Waals surface area contributed by atoms with Crippen LogP contribution in [0.3, 0.4) is 0 Å². The lowest BCUT2D eigenvalue weighted by atomic mass is 9.92. The number of carbonyl (C=O) groups excluding carboxylic acids is 1. The summed E-state index contributed by atoms with van der Waals surface area (Å²) in [7, 11) is -3.33. The van der Waals surface area contributed by atoms with Crippen molar-refractivity contribution < 1.29 is 13.2 Å². The van der Waals surface area contributed by atoms with Crippen molar-refractivity contribution in [2.24, 2.45) is 11.3 Å². The van der Waals surface area contributed by atoms with Gasteiger partial charge in [-0.3, -0.25) is 9.69 Å². The Hall–Kier alpha value is -1.44. The van der Waals surface area contributed by atoms with Gasteiger partial charge in [0.15, 0.2) is 0 Å². The average Bonchev–Trinajstić information content (AvgIpc) is 2.72. The van der Waals surface area contributed by atoms with Gasteiger partial charge in [-0.1, -0.05) is 51.1 Å². The molecule has 30 heavy (non-hydrogen) atoms. The molecule has 0 saturated carbocycles. The lowest BCUT2D eigenvalue weighted by molar-refractivity contribution is -0.138. The standard InChI is InChI=1S/C23H37N3O3S/c1-23(2,3)11-14-24-15-17-25(18-16-24)22(27)21-9-12-26(13-10-21)30(28,29)19-20-7-5-4-6-8-20/h4-8,21H,9-19H2,1-3H3. The summed E-state index contributed by atoms with van der Waals surface area (Å²) in [5, 5.41) is 0. The molecule has 0 unspecified atom stereocenters. The molecule has 0 aliphatic carbocycles. The molecule has 7 heteroatoms. The molecule has 1 amide bonds. The average molecular weight is 436 g/mol. The fourth-order valence-electron chi connectivity index (χ4n) is 4.20. The Morgan fingerprint density at radius 1 is 0.967 bits per heavy atom. The second-order valence-electron chi connectivity index (χ2n) is 9.89. The predicted octanol–water partition coefficient (Wildman–Crippen LogP) is 2.81. The molecule has 0 atom stereocenters. The van der Waals surface area contributed by atoms with Crippen molar-refractivity contribution in [1.82, 2.24) is 14.1 Å². The van der Waals surface area contributed by atoms with Gasteiger partial charge in [0.05, 0.1) is 5.75 Å². The Morgan fingerprint density at radius 2 is 1.57 bits per heavy atom. The molecule has 0 aromatic heterocycles. The van der Waals surface area contributed by atoms with Crippen LogP contribution in [-0.4, -0.2) is 74.2 Å². The summed E-state index contributed by atoms with van der Waals surface area (Å²) in [6.45, 7) is 12.2. The van der Waals surface area contributed by atoms with E-state index in [-0.39, 0.29) is 17.6 Å². The Balaban J connectivity index is 1.44. The van der Waals surface area contributed by atoms with Crippen molar-refractivity contribution in [1.29, 1.82) is 0 Å². The number of rotatable bonds is 6. The first kappa shape index (κ1) is 23.2. The SMILES string of the molecule is CC(C)(C)CCN1CCN(C(=O)C2CCN(S(=O)(=O)Cc3ccccc3)CC2)CC1. The van der Waals surface area contributed by atoms with Crippen LogP contribution in [-0.2, 0) is 20.6 Å². The van der Waals surface area contributed by atoms with E-state index in [4.69, 9.17) is 0 Å². The normalized spacial score (nSPS) is 20.4. The van der Waals surface area contributed by atoms with Crippen molar-refractivity contribution in [3.05, 3.63) is 35.9 Å². The molecule has 1 aromatic carbocycles. The van der Waals surface area contributed by atoms with Crippen molar-refractivity contribution in [3.63, 3.8) is 0 Å². The third-order valence-corrected chi connectivity index (χ3v) is 8.10. The molecule has 1 aromatic rings. The largest absolute Gasteiger partial charge is 0.340 e. The van der Waals surface area contributed by atoms with E-state index in [1.807, 2.05) is 35.2 Å². The van der Waals surface area contributed by atoms with Crippen LogP contribution in [0.5, 0.6) is 0 Å². The van der Waals surface area contributed by atoms with E-state index >= 15 is 0 Å². The highest BCUT2D eigenvalue weighted by molar-refractivity contribution is 7.88. The first-order valence-electron chi connectivity index (χ1n) is 11.2. The number of carbonyl (C=O) groups is 1. The summed E-state index contributed by atoms with van der Waals surface area (Å²) in [5.41, 5.74) is 1.14. The van der Waals surface area contributed by atoms with Gasteiger partial charge in [-0.25, -0.2) is 12.7 Å². The molecule has 168 valence electrons. The van der Waals surface area contributed by atoms with Crippen molar-refractivity contribution >= 4 is 15.9 Å². The van der Waals surface area contributed by atoms with Crippen LogP contribution < -0.4 is 0 Å². The molecule has 2 saturated heterocycles. The Bertz CT molecular complexity index is 789. The molecular formula is C23H37N3O3S. The van der Waals surface area contributed by atoms with Crippen molar-refractivity contribution in [2.45, 2.75) is 45.8 Å². The number of piperidine rings is 1. The third-order valence-electron chi connectivity index (χ3n) is 6.25. The van der Waals surface area contributed by atoms with Crippen LogP contribution in [0.15, 0.2) is 30.3 Å². The molecular weight excluding hydrogens is 398 g/mol. The maximum absolute atomic E-state index is 13.0. The predicted molar refractivity (Wildman–Crippen MR) is 120 cm³/mol. The molecule has 0 N–H and O–H groups in total. The fraction of sp³-hybridized carbons (Fsp3) is 0.696. The maximum atomic E-state index is 13.0. The maximum Gasteiger partial charge on any atom is 0.225 e. The number of hydrogen-bond acceptors (Lipinski definition) is 4. The molecule has 3 rings (SSSR count). The first-order chi connectivity index (χ1) is 14.1. The van der Waals surface area contributed by atoms with E-state index in [2.05, 4.69) is 25.7 Å². The Kier molecular flexibility index (Phi) is 7.58. The van der Waals surface area contributed by atoms with Gasteiger partial charge in [-0.2, -0.15) is 0 Å². The Labute approximate surface area is 182 Å². The van der Waals surface area contributed by atoms with Crippen LogP contribution in [0, 0.1) is 11.3 Å². The number of hydrogen-bond donors (Lipinski definition) is 0. The van der Waals surface area contributed by atoms with Gasteiger partial charge < -0.3 is 4.90 Å². The molecule has 0 bridgehead atoms. The Morgan fingerprint density at radius 3 is 2.13 bits per heavy atom. The minimum absolute atomic E-state index is 0.0307. The highest BCUT2D eigenvalue weighted by Crippen LogP contribution is 2.24. The smallest absolute Gasteiger partial charge is 0.225 e. The second-order valence-corrected chi connectivity index (χ2v) is 11.9. The van der Waals surface area contributed by atoms with Crippen LogP contribution in [0.2, 0.25) is 0 Å². The van der Waals surface area contributed by atoms with E-state index < -0.39 is 10.0 Å². The molecule has 6 nitrogen and oxygen atoms in total. The summed E-state index contributed by atoms with van der Waals surface area (Å²) >= 11 is 0. The van der Waals surface area contributed by atoms with Crippen LogP contribution in [0.25, 0.3) is 0 Å². The monoisotopic (exact) mass is 435 g/mol. The van der Waals surface area contributed by atoms with Gasteiger partial charge in [0.25, 0.3) is 0 Å². The highest BCUT2D eigenvalue weighted by atomic mass is 32.2. The number of piperazine rings is 1. The zero-order valence-electron chi connectivity index (χ0n) is 18.7. The number of benzene rings is 1.